The first-order valence-electron chi connectivity index (χ1n) is 8.85. The number of hydrogen-bond donors (Lipinski definition) is 2. The van der Waals surface area contributed by atoms with Gasteiger partial charge in [0.05, 0.1) is 0 Å². The van der Waals surface area contributed by atoms with Gasteiger partial charge in [-0.1, -0.05) is 6.07 Å². The van der Waals surface area contributed by atoms with E-state index in [1.165, 1.54) is 24.5 Å². The summed E-state index contributed by atoms with van der Waals surface area (Å²) in [4.78, 5) is 4.75. The fourth-order valence-electron chi connectivity index (χ4n) is 2.83. The molecule has 0 atom stereocenters. The third kappa shape index (κ3) is 5.78. The molecule has 2 rings (SSSR count). The number of nitrogens with zero attached hydrogens (tertiary/aromatic N) is 1. The first-order chi connectivity index (χ1) is 11.6. The van der Waals surface area contributed by atoms with Crippen LogP contribution in [0.1, 0.15) is 37.3 Å². The van der Waals surface area contributed by atoms with Gasteiger partial charge in [0.25, 0.3) is 0 Å². The number of halogens is 1. The van der Waals surface area contributed by atoms with Crippen molar-refractivity contribution in [2.24, 2.45) is 10.4 Å². The SMILES string of the molecule is CCNC(=NCC1(CCOC)CC1)NCCc1ccc(F)cc1C. The quantitative estimate of drug-likeness (QED) is 0.538. The van der Waals surface area contributed by atoms with Crippen LogP contribution >= 0.6 is 0 Å². The second kappa shape index (κ2) is 9.02. The highest BCUT2D eigenvalue weighted by Crippen LogP contribution is 2.48. The maximum Gasteiger partial charge on any atom is 0.191 e. The van der Waals surface area contributed by atoms with Crippen LogP contribution in [0.2, 0.25) is 0 Å². The zero-order valence-corrected chi connectivity index (χ0v) is 15.1. The fourth-order valence-corrected chi connectivity index (χ4v) is 2.83. The molecule has 24 heavy (non-hydrogen) atoms. The van der Waals surface area contributed by atoms with Crippen molar-refractivity contribution in [1.29, 1.82) is 0 Å². The fraction of sp³-hybridized carbons (Fsp3) is 0.632. The zero-order valence-electron chi connectivity index (χ0n) is 15.1. The van der Waals surface area contributed by atoms with Crippen LogP contribution in [0, 0.1) is 18.2 Å². The van der Waals surface area contributed by atoms with Gasteiger partial charge in [-0.05, 0) is 68.2 Å². The Morgan fingerprint density at radius 3 is 2.75 bits per heavy atom. The Bertz CT molecular complexity index is 556. The summed E-state index contributed by atoms with van der Waals surface area (Å²) in [5.41, 5.74) is 2.51. The van der Waals surface area contributed by atoms with E-state index in [1.807, 2.05) is 13.0 Å². The molecule has 4 nitrogen and oxygen atoms in total. The molecule has 0 amide bonds. The average Bonchev–Trinajstić information content (AvgIpc) is 3.33. The van der Waals surface area contributed by atoms with Crippen LogP contribution in [-0.4, -0.2) is 39.3 Å². The van der Waals surface area contributed by atoms with Crippen molar-refractivity contribution in [2.45, 2.75) is 39.5 Å². The lowest BCUT2D eigenvalue weighted by Crippen LogP contribution is -2.38. The molecule has 2 N–H and O–H groups in total. The van der Waals surface area contributed by atoms with Gasteiger partial charge in [-0.3, -0.25) is 4.99 Å². The largest absolute Gasteiger partial charge is 0.385 e. The summed E-state index contributed by atoms with van der Waals surface area (Å²) >= 11 is 0. The lowest BCUT2D eigenvalue weighted by Gasteiger charge is -2.15. The van der Waals surface area contributed by atoms with Gasteiger partial charge in [-0.25, -0.2) is 4.39 Å². The van der Waals surface area contributed by atoms with Crippen LogP contribution in [0.4, 0.5) is 4.39 Å². The minimum atomic E-state index is -0.176. The van der Waals surface area contributed by atoms with Crippen LogP contribution in [0.15, 0.2) is 23.2 Å². The Kier molecular flexibility index (Phi) is 7.03. The molecule has 1 aliphatic rings. The average molecular weight is 335 g/mol. The number of methoxy groups -OCH3 is 1. The van der Waals surface area contributed by atoms with E-state index in [2.05, 4.69) is 17.6 Å². The molecule has 0 spiro atoms. The number of ether oxygens (including phenoxy) is 1. The third-order valence-corrected chi connectivity index (χ3v) is 4.70. The standard InChI is InChI=1S/C19H30FN3O/c1-4-21-18(23-14-19(8-9-19)10-12-24-3)22-11-7-16-5-6-17(20)13-15(16)2/h5-6,13H,4,7-12,14H2,1-3H3,(H2,21,22,23). The smallest absolute Gasteiger partial charge is 0.191 e. The van der Waals surface area contributed by atoms with Crippen molar-refractivity contribution in [1.82, 2.24) is 10.6 Å². The van der Waals surface area contributed by atoms with Gasteiger partial charge in [0.1, 0.15) is 5.82 Å². The minimum Gasteiger partial charge on any atom is -0.385 e. The molecule has 0 aromatic heterocycles. The molecule has 1 fully saturated rings. The zero-order chi connectivity index (χ0) is 17.4. The molecule has 0 saturated heterocycles. The van der Waals surface area contributed by atoms with E-state index < -0.39 is 0 Å². The summed E-state index contributed by atoms with van der Waals surface area (Å²) in [5, 5.41) is 6.68. The lowest BCUT2D eigenvalue weighted by atomic mass is 10.0. The molecular formula is C19H30FN3O. The monoisotopic (exact) mass is 335 g/mol. The molecule has 134 valence electrons. The van der Waals surface area contributed by atoms with Gasteiger partial charge in [-0.2, -0.15) is 0 Å². The van der Waals surface area contributed by atoms with E-state index in [4.69, 9.17) is 9.73 Å². The molecule has 1 saturated carbocycles. The molecule has 1 aliphatic carbocycles. The number of rotatable bonds is 9. The normalized spacial score (nSPS) is 16.1. The van der Waals surface area contributed by atoms with Crippen molar-refractivity contribution in [2.75, 3.05) is 33.4 Å². The molecular weight excluding hydrogens is 305 g/mol. The van der Waals surface area contributed by atoms with Crippen LogP contribution in [0.25, 0.3) is 0 Å². The van der Waals surface area contributed by atoms with Crippen molar-refractivity contribution in [3.63, 3.8) is 0 Å². The predicted octanol–water partition coefficient (Wildman–Crippen LogP) is 3.05. The van der Waals surface area contributed by atoms with E-state index in [0.29, 0.717) is 5.41 Å². The van der Waals surface area contributed by atoms with E-state index in [1.54, 1.807) is 13.2 Å². The highest BCUT2D eigenvalue weighted by Gasteiger charge is 2.41. The molecule has 5 heteroatoms. The number of benzene rings is 1. The highest BCUT2D eigenvalue weighted by atomic mass is 19.1. The Morgan fingerprint density at radius 1 is 1.33 bits per heavy atom. The van der Waals surface area contributed by atoms with Crippen molar-refractivity contribution >= 4 is 5.96 Å². The molecule has 0 heterocycles. The molecule has 1 aromatic carbocycles. The van der Waals surface area contributed by atoms with Crippen molar-refractivity contribution < 1.29 is 9.13 Å². The Labute approximate surface area is 144 Å². The predicted molar refractivity (Wildman–Crippen MR) is 97.0 cm³/mol. The van der Waals surface area contributed by atoms with Crippen LogP contribution in [0.3, 0.4) is 0 Å². The summed E-state index contributed by atoms with van der Waals surface area (Å²) in [6.45, 7) is 7.30. The van der Waals surface area contributed by atoms with Crippen molar-refractivity contribution in [3.8, 4) is 0 Å². The number of aliphatic imine (C=N–C) groups is 1. The van der Waals surface area contributed by atoms with Gasteiger partial charge in [0.15, 0.2) is 5.96 Å². The van der Waals surface area contributed by atoms with E-state index in [0.717, 1.165) is 50.6 Å². The summed E-state index contributed by atoms with van der Waals surface area (Å²) in [6.07, 6.45) is 4.43. The lowest BCUT2D eigenvalue weighted by molar-refractivity contribution is 0.174. The van der Waals surface area contributed by atoms with E-state index in [9.17, 15) is 4.39 Å². The van der Waals surface area contributed by atoms with Crippen LogP contribution in [0.5, 0.6) is 0 Å². The molecule has 0 radical (unpaired) electrons. The maximum absolute atomic E-state index is 13.2. The van der Waals surface area contributed by atoms with Gasteiger partial charge in [-0.15, -0.1) is 0 Å². The topological polar surface area (TPSA) is 45.7 Å². The van der Waals surface area contributed by atoms with Crippen LogP contribution in [-0.2, 0) is 11.2 Å². The molecule has 0 aliphatic heterocycles. The number of aryl methyl sites for hydroxylation is 1. The summed E-state index contributed by atoms with van der Waals surface area (Å²) < 4.78 is 18.4. The van der Waals surface area contributed by atoms with Gasteiger partial charge >= 0.3 is 0 Å². The first kappa shape index (κ1) is 18.7. The summed E-state index contributed by atoms with van der Waals surface area (Å²) in [5.74, 6) is 0.686. The van der Waals surface area contributed by atoms with Gasteiger partial charge in [0.2, 0.25) is 0 Å². The molecule has 0 unspecified atom stereocenters. The third-order valence-electron chi connectivity index (χ3n) is 4.70. The van der Waals surface area contributed by atoms with Crippen LogP contribution < -0.4 is 10.6 Å². The molecule has 1 aromatic rings. The van der Waals surface area contributed by atoms with E-state index >= 15 is 0 Å². The van der Waals surface area contributed by atoms with Crippen molar-refractivity contribution in [3.05, 3.63) is 35.1 Å². The second-order valence-corrected chi connectivity index (χ2v) is 6.69. The highest BCUT2D eigenvalue weighted by molar-refractivity contribution is 5.79. The number of guanidine groups is 1. The number of hydrogen-bond acceptors (Lipinski definition) is 2. The number of nitrogens with one attached hydrogen (secondary N) is 2. The Balaban J connectivity index is 1.83. The Morgan fingerprint density at radius 2 is 2.12 bits per heavy atom. The Hall–Kier alpha value is -1.62. The second-order valence-electron chi connectivity index (χ2n) is 6.69. The summed E-state index contributed by atoms with van der Waals surface area (Å²) in [6, 6.07) is 4.97. The van der Waals surface area contributed by atoms with Gasteiger partial charge < -0.3 is 15.4 Å². The summed E-state index contributed by atoms with van der Waals surface area (Å²) in [7, 11) is 1.75. The van der Waals surface area contributed by atoms with Gasteiger partial charge in [0, 0.05) is 33.4 Å². The maximum atomic E-state index is 13.2. The first-order valence-corrected chi connectivity index (χ1v) is 8.85. The minimum absolute atomic E-state index is 0.176. The molecule has 0 bridgehead atoms. The van der Waals surface area contributed by atoms with E-state index in [-0.39, 0.29) is 5.82 Å².